The molecule has 0 saturated heterocycles. The number of hydrogen-bond donors (Lipinski definition) is 0. The van der Waals surface area contributed by atoms with Crippen LogP contribution in [-0.2, 0) is 0 Å². The van der Waals surface area contributed by atoms with E-state index in [2.05, 4.69) is 31.1 Å². The van der Waals surface area contributed by atoms with Crippen molar-refractivity contribution >= 4 is 44.6 Å². The molecule has 3 aromatic rings. The summed E-state index contributed by atoms with van der Waals surface area (Å²) in [6.45, 7) is 0. The number of anilines is 2. The highest BCUT2D eigenvalue weighted by Crippen LogP contribution is 2.29. The summed E-state index contributed by atoms with van der Waals surface area (Å²) < 4.78 is 2.56. The smallest absolute Gasteiger partial charge is 0.269 e. The van der Waals surface area contributed by atoms with Gasteiger partial charge in [0, 0.05) is 24.9 Å². The normalized spacial score (nSPS) is 10.6. The summed E-state index contributed by atoms with van der Waals surface area (Å²) in [5, 5.41) is 19.6. The number of nitro groups is 1. The van der Waals surface area contributed by atoms with Crippen LogP contribution >= 0.6 is 27.3 Å². The van der Waals surface area contributed by atoms with Gasteiger partial charge in [0.1, 0.15) is 11.3 Å². The molecule has 0 bridgehead atoms. The van der Waals surface area contributed by atoms with Gasteiger partial charge in [0.2, 0.25) is 5.95 Å². The predicted molar refractivity (Wildman–Crippen MR) is 85.9 cm³/mol. The minimum absolute atomic E-state index is 0.0463. The van der Waals surface area contributed by atoms with Crippen LogP contribution in [0.5, 0.6) is 0 Å². The molecule has 0 atom stereocenters. The Hall–Kier alpha value is -2.33. The van der Waals surface area contributed by atoms with Gasteiger partial charge < -0.3 is 4.90 Å². The van der Waals surface area contributed by atoms with Crippen LogP contribution in [0.4, 0.5) is 17.3 Å². The minimum Gasteiger partial charge on any atom is -0.313 e. The van der Waals surface area contributed by atoms with Crippen molar-refractivity contribution in [2.45, 2.75) is 0 Å². The van der Waals surface area contributed by atoms with E-state index in [1.54, 1.807) is 34.1 Å². The van der Waals surface area contributed by atoms with Gasteiger partial charge in [-0.2, -0.15) is 0 Å². The fraction of sp³-hybridized carbons (Fsp3) is 0.0833. The summed E-state index contributed by atoms with van der Waals surface area (Å²) in [6, 6.07) is 6.24. The van der Waals surface area contributed by atoms with Crippen molar-refractivity contribution in [1.82, 2.24) is 19.7 Å². The zero-order chi connectivity index (χ0) is 15.7. The van der Waals surface area contributed by atoms with Gasteiger partial charge in [-0.1, -0.05) is 11.3 Å². The first-order valence-electron chi connectivity index (χ1n) is 6.06. The Bertz CT molecular complexity index is 815. The summed E-state index contributed by atoms with van der Waals surface area (Å²) >= 11 is 4.77. The van der Waals surface area contributed by atoms with E-state index in [4.69, 9.17) is 0 Å². The van der Waals surface area contributed by atoms with Crippen LogP contribution in [0.15, 0.2) is 40.7 Å². The van der Waals surface area contributed by atoms with E-state index in [0.717, 1.165) is 14.6 Å². The molecule has 112 valence electrons. The van der Waals surface area contributed by atoms with Crippen LogP contribution < -0.4 is 4.90 Å². The number of rotatable bonds is 4. The molecule has 1 aromatic carbocycles. The summed E-state index contributed by atoms with van der Waals surface area (Å²) in [5.74, 6) is 0.588. The Kier molecular flexibility index (Phi) is 3.86. The van der Waals surface area contributed by atoms with Gasteiger partial charge in [-0.15, -0.1) is 10.2 Å². The third kappa shape index (κ3) is 2.70. The van der Waals surface area contributed by atoms with E-state index in [-0.39, 0.29) is 5.69 Å². The number of aromatic nitrogens is 4. The Morgan fingerprint density at radius 1 is 1.36 bits per heavy atom. The van der Waals surface area contributed by atoms with Crippen molar-refractivity contribution < 1.29 is 4.92 Å². The van der Waals surface area contributed by atoms with Gasteiger partial charge in [-0.3, -0.25) is 14.7 Å². The molecule has 0 saturated carbocycles. The van der Waals surface area contributed by atoms with Gasteiger partial charge in [-0.05, 0) is 28.1 Å². The quantitative estimate of drug-likeness (QED) is 0.509. The first kappa shape index (κ1) is 14.6. The van der Waals surface area contributed by atoms with Crippen molar-refractivity contribution in [1.29, 1.82) is 0 Å². The number of benzene rings is 1. The lowest BCUT2D eigenvalue weighted by molar-refractivity contribution is -0.384. The molecule has 0 spiro atoms. The second-order valence-corrected chi connectivity index (χ2v) is 6.57. The maximum absolute atomic E-state index is 10.7. The number of nitro benzene ring substituents is 1. The number of nitrogens with zero attached hydrogens (tertiary/aromatic N) is 6. The standard InChI is InChI=1S/C12H9BrN6O2S/c1-17(8-2-4-9(5-3-8)19(20)21)12-16-15-7-18(12)10-6-14-11(13)22-10/h2-7H,1H3. The summed E-state index contributed by atoms with van der Waals surface area (Å²) in [5.41, 5.74) is 0.813. The third-order valence-electron chi connectivity index (χ3n) is 2.98. The fourth-order valence-corrected chi connectivity index (χ4v) is 3.09. The van der Waals surface area contributed by atoms with E-state index in [0.29, 0.717) is 5.95 Å². The Balaban J connectivity index is 1.94. The zero-order valence-corrected chi connectivity index (χ0v) is 13.7. The molecule has 0 aliphatic heterocycles. The molecule has 0 aliphatic carbocycles. The van der Waals surface area contributed by atoms with Crippen molar-refractivity contribution in [2.75, 3.05) is 11.9 Å². The SMILES string of the molecule is CN(c1ccc([N+](=O)[O-])cc1)c1nncn1-c1cnc(Br)s1. The molecular weight excluding hydrogens is 372 g/mol. The molecular formula is C12H9BrN6O2S. The second kappa shape index (κ2) is 5.81. The van der Waals surface area contributed by atoms with Gasteiger partial charge in [0.15, 0.2) is 3.92 Å². The first-order chi connectivity index (χ1) is 10.6. The van der Waals surface area contributed by atoms with E-state index >= 15 is 0 Å². The molecule has 0 unspecified atom stereocenters. The fourth-order valence-electron chi connectivity index (χ4n) is 1.88. The molecule has 0 radical (unpaired) electrons. The predicted octanol–water partition coefficient (Wildman–Crippen LogP) is 3.16. The third-order valence-corrected chi connectivity index (χ3v) is 4.46. The summed E-state index contributed by atoms with van der Waals surface area (Å²) in [4.78, 5) is 16.2. The van der Waals surface area contributed by atoms with Crippen LogP contribution in [-0.4, -0.2) is 31.7 Å². The average molecular weight is 381 g/mol. The van der Waals surface area contributed by atoms with Crippen LogP contribution in [0.3, 0.4) is 0 Å². The van der Waals surface area contributed by atoms with Gasteiger partial charge in [0.25, 0.3) is 5.69 Å². The van der Waals surface area contributed by atoms with Crippen molar-refractivity contribution in [3.63, 3.8) is 0 Å². The van der Waals surface area contributed by atoms with E-state index < -0.39 is 4.92 Å². The zero-order valence-electron chi connectivity index (χ0n) is 11.3. The molecule has 0 N–H and O–H groups in total. The Morgan fingerprint density at radius 2 is 2.09 bits per heavy atom. The summed E-state index contributed by atoms with van der Waals surface area (Å²) in [7, 11) is 1.82. The van der Waals surface area contributed by atoms with Gasteiger partial charge in [-0.25, -0.2) is 4.98 Å². The topological polar surface area (TPSA) is 90.0 Å². The lowest BCUT2D eigenvalue weighted by Crippen LogP contribution is -2.14. The lowest BCUT2D eigenvalue weighted by atomic mass is 10.3. The maximum Gasteiger partial charge on any atom is 0.269 e. The molecule has 3 rings (SSSR count). The monoisotopic (exact) mass is 380 g/mol. The lowest BCUT2D eigenvalue weighted by Gasteiger charge is -2.17. The molecule has 0 aliphatic rings. The molecule has 22 heavy (non-hydrogen) atoms. The Labute approximate surface area is 137 Å². The highest BCUT2D eigenvalue weighted by molar-refractivity contribution is 9.11. The molecule has 2 aromatic heterocycles. The summed E-state index contributed by atoms with van der Waals surface area (Å²) in [6.07, 6.45) is 3.31. The van der Waals surface area contributed by atoms with Crippen molar-refractivity contribution in [3.05, 3.63) is 50.8 Å². The van der Waals surface area contributed by atoms with Gasteiger partial charge in [0.05, 0.1) is 11.1 Å². The van der Waals surface area contributed by atoms with E-state index in [9.17, 15) is 10.1 Å². The largest absolute Gasteiger partial charge is 0.313 e. The average Bonchev–Trinajstić information content (AvgIpc) is 3.15. The number of non-ortho nitro benzene ring substituents is 1. The maximum atomic E-state index is 10.7. The number of hydrogen-bond acceptors (Lipinski definition) is 7. The second-order valence-electron chi connectivity index (χ2n) is 4.28. The molecule has 10 heteroatoms. The highest BCUT2D eigenvalue weighted by atomic mass is 79.9. The number of thiazole rings is 1. The van der Waals surface area contributed by atoms with Crippen molar-refractivity contribution in [3.8, 4) is 5.00 Å². The van der Waals surface area contributed by atoms with Crippen molar-refractivity contribution in [2.24, 2.45) is 0 Å². The van der Waals surface area contributed by atoms with E-state index in [1.807, 2.05) is 7.05 Å². The first-order valence-corrected chi connectivity index (χ1v) is 7.67. The van der Waals surface area contributed by atoms with Gasteiger partial charge >= 0.3 is 0 Å². The molecule has 0 fully saturated rings. The van der Waals surface area contributed by atoms with Crippen LogP contribution in [0.25, 0.3) is 5.00 Å². The minimum atomic E-state index is -0.429. The molecule has 8 nitrogen and oxygen atoms in total. The van der Waals surface area contributed by atoms with Crippen LogP contribution in [0, 0.1) is 10.1 Å². The van der Waals surface area contributed by atoms with Crippen LogP contribution in [0.2, 0.25) is 0 Å². The molecule has 2 heterocycles. The highest BCUT2D eigenvalue weighted by Gasteiger charge is 2.15. The van der Waals surface area contributed by atoms with Crippen LogP contribution in [0.1, 0.15) is 0 Å². The molecule has 0 amide bonds. The number of halogens is 1. The van der Waals surface area contributed by atoms with E-state index in [1.165, 1.54) is 23.5 Å². The Morgan fingerprint density at radius 3 is 2.68 bits per heavy atom.